The third-order valence-corrected chi connectivity index (χ3v) is 2.92. The number of imidazole rings is 1. The lowest BCUT2D eigenvalue weighted by Crippen LogP contribution is -2.51. The average molecular weight is 267 g/mol. The lowest BCUT2D eigenvalue weighted by atomic mass is 10.2. The molecule has 2 aromatic rings. The molecule has 3 atom stereocenters. The van der Waals surface area contributed by atoms with E-state index in [1.54, 1.807) is 0 Å². The number of nitrogen functional groups attached to an aromatic ring is 1. The number of nitrogens with one attached hydrogen (secondary N) is 1. The summed E-state index contributed by atoms with van der Waals surface area (Å²) in [4.78, 5) is 22.0. The number of aliphatic hydroxyl groups is 1. The van der Waals surface area contributed by atoms with Crippen molar-refractivity contribution in [1.29, 1.82) is 0 Å². The van der Waals surface area contributed by atoms with Crippen molar-refractivity contribution in [2.45, 2.75) is 25.5 Å². The molecular formula is C10H13N5O4. The van der Waals surface area contributed by atoms with E-state index in [1.807, 2.05) is 6.92 Å². The quantitative estimate of drug-likeness (QED) is 0.647. The minimum Gasteiger partial charge on any atom is -0.369 e. The van der Waals surface area contributed by atoms with Gasteiger partial charge < -0.3 is 20.3 Å². The van der Waals surface area contributed by atoms with Crippen molar-refractivity contribution in [2.75, 3.05) is 12.3 Å². The van der Waals surface area contributed by atoms with E-state index in [-0.39, 0.29) is 11.5 Å². The molecule has 1 aliphatic heterocycles. The molecule has 0 aromatic carbocycles. The molecule has 1 aliphatic rings. The Hall–Kier alpha value is -1.97. The summed E-state index contributed by atoms with van der Waals surface area (Å²) in [7, 11) is 0. The van der Waals surface area contributed by atoms with Crippen LogP contribution in [0.5, 0.6) is 0 Å². The lowest BCUT2D eigenvalue weighted by Gasteiger charge is -2.41. The number of fused-ring (bicyclic) bond motifs is 1. The van der Waals surface area contributed by atoms with Crippen LogP contribution in [0.25, 0.3) is 11.2 Å². The monoisotopic (exact) mass is 267 g/mol. The van der Waals surface area contributed by atoms with Crippen LogP contribution in [0.2, 0.25) is 0 Å². The second-order valence-corrected chi connectivity index (χ2v) is 4.11. The van der Waals surface area contributed by atoms with Crippen molar-refractivity contribution in [2.24, 2.45) is 0 Å². The number of rotatable bonds is 3. The summed E-state index contributed by atoms with van der Waals surface area (Å²) < 4.78 is 12.1. The minimum atomic E-state index is -0.998. The van der Waals surface area contributed by atoms with Crippen molar-refractivity contribution in [3.63, 3.8) is 0 Å². The molecule has 0 amide bonds. The maximum absolute atomic E-state index is 11.6. The number of hydrogen-bond acceptors (Lipinski definition) is 7. The van der Waals surface area contributed by atoms with Crippen LogP contribution in [0, 0.1) is 0 Å². The van der Waals surface area contributed by atoms with Gasteiger partial charge in [0.25, 0.3) is 5.56 Å². The van der Waals surface area contributed by atoms with E-state index in [2.05, 4.69) is 15.0 Å². The predicted molar refractivity (Wildman–Crippen MR) is 64.1 cm³/mol. The number of anilines is 1. The van der Waals surface area contributed by atoms with Gasteiger partial charge in [-0.05, 0) is 6.92 Å². The first kappa shape index (κ1) is 12.1. The molecule has 9 nitrogen and oxygen atoms in total. The Morgan fingerprint density at radius 1 is 1.68 bits per heavy atom. The smallest absolute Gasteiger partial charge is 0.280 e. The summed E-state index contributed by atoms with van der Waals surface area (Å²) in [6.45, 7) is 2.25. The Morgan fingerprint density at radius 3 is 3.16 bits per heavy atom. The molecule has 1 saturated heterocycles. The molecular weight excluding hydrogens is 254 g/mol. The molecule has 0 aliphatic carbocycles. The zero-order chi connectivity index (χ0) is 13.6. The second-order valence-electron chi connectivity index (χ2n) is 4.11. The summed E-state index contributed by atoms with van der Waals surface area (Å²) in [6.07, 6.45) is -0.686. The zero-order valence-electron chi connectivity index (χ0n) is 10.1. The maximum Gasteiger partial charge on any atom is 0.280 e. The third kappa shape index (κ3) is 1.79. The molecule has 1 fully saturated rings. The number of aliphatic hydroxyl groups excluding tert-OH is 1. The van der Waals surface area contributed by atoms with Crippen molar-refractivity contribution in [1.82, 2.24) is 19.5 Å². The fourth-order valence-electron chi connectivity index (χ4n) is 2.06. The van der Waals surface area contributed by atoms with Gasteiger partial charge in [-0.3, -0.25) is 14.3 Å². The molecule has 19 heavy (non-hydrogen) atoms. The van der Waals surface area contributed by atoms with E-state index in [9.17, 15) is 9.90 Å². The van der Waals surface area contributed by atoms with Crippen LogP contribution >= 0.6 is 0 Å². The van der Waals surface area contributed by atoms with Crippen LogP contribution in [0.15, 0.2) is 11.1 Å². The van der Waals surface area contributed by atoms with Crippen LogP contribution in [0.1, 0.15) is 13.2 Å². The van der Waals surface area contributed by atoms with Crippen LogP contribution in [0.3, 0.4) is 0 Å². The van der Waals surface area contributed by atoms with Gasteiger partial charge in [0, 0.05) is 6.61 Å². The van der Waals surface area contributed by atoms with Gasteiger partial charge in [0.1, 0.15) is 0 Å². The first-order valence-corrected chi connectivity index (χ1v) is 5.79. The number of nitrogens with two attached hydrogens (primary N) is 1. The number of H-pyrrole nitrogens is 1. The average Bonchev–Trinajstić information content (AvgIpc) is 2.76. The molecule has 0 spiro atoms. The molecule has 0 radical (unpaired) electrons. The number of aromatic nitrogens is 4. The van der Waals surface area contributed by atoms with Crippen LogP contribution in [0.4, 0.5) is 5.95 Å². The van der Waals surface area contributed by atoms with Gasteiger partial charge in [-0.2, -0.15) is 4.98 Å². The van der Waals surface area contributed by atoms with E-state index >= 15 is 0 Å². The highest BCUT2D eigenvalue weighted by Gasteiger charge is 2.44. The summed E-state index contributed by atoms with van der Waals surface area (Å²) in [5.74, 6) is -0.00733. The number of ether oxygens (including phenoxy) is 2. The topological polar surface area (TPSA) is 128 Å². The highest BCUT2D eigenvalue weighted by molar-refractivity contribution is 5.70. The third-order valence-electron chi connectivity index (χ3n) is 2.92. The fourth-order valence-corrected chi connectivity index (χ4v) is 2.06. The largest absolute Gasteiger partial charge is 0.369 e. The Labute approximate surface area is 107 Å². The van der Waals surface area contributed by atoms with Crippen molar-refractivity contribution < 1.29 is 14.6 Å². The molecule has 3 heterocycles. The summed E-state index contributed by atoms with van der Waals surface area (Å²) >= 11 is 0. The van der Waals surface area contributed by atoms with Gasteiger partial charge in [0.2, 0.25) is 5.95 Å². The van der Waals surface area contributed by atoms with E-state index in [1.165, 1.54) is 10.9 Å². The van der Waals surface area contributed by atoms with Gasteiger partial charge in [-0.15, -0.1) is 0 Å². The van der Waals surface area contributed by atoms with Gasteiger partial charge >= 0.3 is 0 Å². The second kappa shape index (κ2) is 4.30. The van der Waals surface area contributed by atoms with E-state index in [4.69, 9.17) is 15.2 Å². The first-order valence-electron chi connectivity index (χ1n) is 5.79. The lowest BCUT2D eigenvalue weighted by molar-refractivity contribution is -0.342. The standard InChI is InChI=1S/C10H13N5O4/c1-2-18-5-8(19-9(5)17)15-3-12-4-6(15)13-10(11)14-7(4)16/h3,5,8-9,17H,2H2,1H3,(H3,11,13,14,16)/t5-,8-,9?/m1/s1. The minimum absolute atomic E-state index is 0.00733. The molecule has 1 unspecified atom stereocenters. The first-order chi connectivity index (χ1) is 9.11. The van der Waals surface area contributed by atoms with Gasteiger partial charge in [0.05, 0.1) is 6.33 Å². The number of aromatic amines is 1. The van der Waals surface area contributed by atoms with Gasteiger partial charge in [-0.1, -0.05) is 0 Å². The highest BCUT2D eigenvalue weighted by atomic mass is 16.7. The molecule has 0 saturated carbocycles. The highest BCUT2D eigenvalue weighted by Crippen LogP contribution is 2.33. The molecule has 4 N–H and O–H groups in total. The molecule has 2 aromatic heterocycles. The Kier molecular flexibility index (Phi) is 2.73. The van der Waals surface area contributed by atoms with Crippen LogP contribution in [-0.2, 0) is 9.47 Å². The maximum atomic E-state index is 11.6. The van der Waals surface area contributed by atoms with Crippen molar-refractivity contribution in [3.8, 4) is 0 Å². The van der Waals surface area contributed by atoms with E-state index < -0.39 is 24.2 Å². The number of nitrogens with zero attached hydrogens (tertiary/aromatic N) is 3. The zero-order valence-corrected chi connectivity index (χ0v) is 10.1. The number of hydrogen-bond donors (Lipinski definition) is 3. The van der Waals surface area contributed by atoms with Crippen LogP contribution in [-0.4, -0.2) is 43.6 Å². The van der Waals surface area contributed by atoms with Crippen molar-refractivity contribution >= 4 is 17.1 Å². The van der Waals surface area contributed by atoms with Gasteiger partial charge in [-0.25, -0.2) is 4.98 Å². The molecule has 0 bridgehead atoms. The fraction of sp³-hybridized carbons (Fsp3) is 0.500. The molecule has 3 rings (SSSR count). The summed E-state index contributed by atoms with van der Waals surface area (Å²) in [5, 5.41) is 9.50. The van der Waals surface area contributed by atoms with Gasteiger partial charge in [0.15, 0.2) is 29.8 Å². The molecule has 9 heteroatoms. The molecule has 102 valence electrons. The Morgan fingerprint density at radius 2 is 2.47 bits per heavy atom. The summed E-state index contributed by atoms with van der Waals surface area (Å²) in [5.41, 5.74) is 5.54. The normalized spacial score (nSPS) is 26.5. The predicted octanol–water partition coefficient (Wildman–Crippen LogP) is -1.05. The Bertz CT molecular complexity index is 665. The summed E-state index contributed by atoms with van der Waals surface area (Å²) in [6, 6.07) is 0. The van der Waals surface area contributed by atoms with Crippen LogP contribution < -0.4 is 11.3 Å². The SMILES string of the molecule is CCO[C@H]1C(O)O[C@H]1n1cnc2c(=O)[nH]c(N)nc21. The van der Waals surface area contributed by atoms with E-state index in [0.717, 1.165) is 0 Å². The Balaban J connectivity index is 2.04. The van der Waals surface area contributed by atoms with E-state index in [0.29, 0.717) is 12.3 Å². The van der Waals surface area contributed by atoms with Crippen molar-refractivity contribution in [3.05, 3.63) is 16.7 Å².